The van der Waals surface area contributed by atoms with Crippen LogP contribution in [-0.4, -0.2) is 32.1 Å². The summed E-state index contributed by atoms with van der Waals surface area (Å²) in [6.45, 7) is 6.05. The largest absolute Gasteiger partial charge is 0.496 e. The Bertz CT molecular complexity index is 455. The molecule has 4 heteroatoms. The molecule has 1 amide bonds. The van der Waals surface area contributed by atoms with Gasteiger partial charge >= 0.3 is 0 Å². The van der Waals surface area contributed by atoms with Crippen molar-refractivity contribution >= 4 is 5.91 Å². The van der Waals surface area contributed by atoms with Crippen molar-refractivity contribution in [3.63, 3.8) is 0 Å². The van der Waals surface area contributed by atoms with Gasteiger partial charge in [-0.05, 0) is 31.0 Å². The summed E-state index contributed by atoms with van der Waals surface area (Å²) in [5.41, 5.74) is 3.06. The van der Waals surface area contributed by atoms with E-state index in [-0.39, 0.29) is 5.91 Å². The quantitative estimate of drug-likeness (QED) is 0.824. The van der Waals surface area contributed by atoms with Crippen LogP contribution < -0.4 is 9.47 Å². The van der Waals surface area contributed by atoms with Gasteiger partial charge in [-0.1, -0.05) is 0 Å². The lowest BCUT2D eigenvalue weighted by atomic mass is 10.0. The monoisotopic (exact) mass is 251 g/mol. The summed E-state index contributed by atoms with van der Waals surface area (Å²) in [4.78, 5) is 13.0. The molecule has 0 saturated carbocycles. The van der Waals surface area contributed by atoms with Crippen molar-refractivity contribution in [2.24, 2.45) is 0 Å². The highest BCUT2D eigenvalue weighted by Crippen LogP contribution is 2.33. The van der Waals surface area contributed by atoms with Crippen LogP contribution in [0.4, 0.5) is 0 Å². The molecule has 0 aliphatic heterocycles. The molecular formula is C14H21NO3. The lowest BCUT2D eigenvalue weighted by Gasteiger charge is -2.20. The molecule has 0 aliphatic rings. The van der Waals surface area contributed by atoms with E-state index in [0.29, 0.717) is 6.54 Å². The molecule has 1 aromatic carbocycles. The van der Waals surface area contributed by atoms with Crippen molar-refractivity contribution in [1.29, 1.82) is 0 Å². The van der Waals surface area contributed by atoms with Crippen molar-refractivity contribution in [3.05, 3.63) is 22.8 Å². The van der Waals surface area contributed by atoms with E-state index in [1.54, 1.807) is 33.1 Å². The van der Waals surface area contributed by atoms with Crippen molar-refractivity contribution in [3.8, 4) is 11.5 Å². The number of hydrogen-bond acceptors (Lipinski definition) is 3. The normalized spacial score (nSPS) is 10.1. The maximum Gasteiger partial charge on any atom is 0.219 e. The Labute approximate surface area is 108 Å². The van der Waals surface area contributed by atoms with Crippen LogP contribution in [0, 0.1) is 13.8 Å². The van der Waals surface area contributed by atoms with Crippen molar-refractivity contribution in [2.45, 2.75) is 27.3 Å². The first kappa shape index (κ1) is 14.4. The van der Waals surface area contributed by atoms with Gasteiger partial charge in [0.2, 0.25) is 5.91 Å². The topological polar surface area (TPSA) is 38.8 Å². The van der Waals surface area contributed by atoms with E-state index < -0.39 is 0 Å². The molecule has 0 aromatic heterocycles. The highest BCUT2D eigenvalue weighted by Gasteiger charge is 2.15. The van der Waals surface area contributed by atoms with Gasteiger partial charge in [-0.3, -0.25) is 4.79 Å². The van der Waals surface area contributed by atoms with Gasteiger partial charge in [-0.2, -0.15) is 0 Å². The van der Waals surface area contributed by atoms with Gasteiger partial charge in [0.25, 0.3) is 0 Å². The average molecular weight is 251 g/mol. The Kier molecular flexibility index (Phi) is 4.59. The number of nitrogens with zero attached hydrogens (tertiary/aromatic N) is 1. The summed E-state index contributed by atoms with van der Waals surface area (Å²) >= 11 is 0. The van der Waals surface area contributed by atoms with Crippen LogP contribution in [-0.2, 0) is 11.3 Å². The zero-order chi connectivity index (χ0) is 13.9. The summed E-state index contributed by atoms with van der Waals surface area (Å²) in [6.07, 6.45) is 0. The summed E-state index contributed by atoms with van der Waals surface area (Å²) in [5.74, 6) is 1.66. The van der Waals surface area contributed by atoms with E-state index in [9.17, 15) is 4.79 Å². The van der Waals surface area contributed by atoms with E-state index >= 15 is 0 Å². The third kappa shape index (κ3) is 2.75. The maximum absolute atomic E-state index is 11.3. The molecule has 1 aromatic rings. The second kappa shape index (κ2) is 5.76. The Morgan fingerprint density at radius 3 is 2.28 bits per heavy atom. The summed E-state index contributed by atoms with van der Waals surface area (Å²) in [5, 5.41) is 0. The molecule has 0 atom stereocenters. The molecule has 100 valence electrons. The van der Waals surface area contributed by atoms with Crippen molar-refractivity contribution in [1.82, 2.24) is 4.90 Å². The molecule has 0 radical (unpaired) electrons. The van der Waals surface area contributed by atoms with Crippen LogP contribution in [0.5, 0.6) is 11.5 Å². The highest BCUT2D eigenvalue weighted by atomic mass is 16.5. The van der Waals surface area contributed by atoms with E-state index in [4.69, 9.17) is 9.47 Å². The number of hydrogen-bond donors (Lipinski definition) is 0. The molecular weight excluding hydrogens is 230 g/mol. The van der Waals surface area contributed by atoms with Gasteiger partial charge in [-0.25, -0.2) is 0 Å². The fourth-order valence-electron chi connectivity index (χ4n) is 1.91. The van der Waals surface area contributed by atoms with Gasteiger partial charge < -0.3 is 14.4 Å². The third-order valence-corrected chi connectivity index (χ3v) is 3.24. The zero-order valence-corrected chi connectivity index (χ0v) is 12.0. The minimum atomic E-state index is 0.0225. The first-order valence-corrected chi connectivity index (χ1v) is 5.85. The lowest BCUT2D eigenvalue weighted by Crippen LogP contribution is -2.23. The molecule has 0 spiro atoms. The molecule has 0 fully saturated rings. The van der Waals surface area contributed by atoms with E-state index in [1.165, 1.54) is 0 Å². The molecule has 1 rings (SSSR count). The standard InChI is InChI=1S/C14H21NO3/c1-9-10(2)14(18-6)12(7-13(9)17-5)8-15(4)11(3)16/h7H,8H2,1-6H3. The minimum Gasteiger partial charge on any atom is -0.496 e. The number of methoxy groups -OCH3 is 2. The molecule has 4 nitrogen and oxygen atoms in total. The van der Waals surface area contributed by atoms with Gasteiger partial charge in [-0.15, -0.1) is 0 Å². The summed E-state index contributed by atoms with van der Waals surface area (Å²) in [7, 11) is 5.06. The van der Waals surface area contributed by atoms with Gasteiger partial charge in [0.15, 0.2) is 0 Å². The molecule has 0 aliphatic carbocycles. The van der Waals surface area contributed by atoms with E-state index in [2.05, 4.69) is 0 Å². The minimum absolute atomic E-state index is 0.0225. The summed E-state index contributed by atoms with van der Waals surface area (Å²) < 4.78 is 10.8. The zero-order valence-electron chi connectivity index (χ0n) is 12.0. The second-order valence-electron chi connectivity index (χ2n) is 4.40. The number of rotatable bonds is 4. The van der Waals surface area contributed by atoms with Crippen LogP contribution >= 0.6 is 0 Å². The number of carbonyl (C=O) groups excluding carboxylic acids is 1. The van der Waals surface area contributed by atoms with Crippen molar-refractivity contribution < 1.29 is 14.3 Å². The van der Waals surface area contributed by atoms with Gasteiger partial charge in [0, 0.05) is 26.1 Å². The fraction of sp³-hybridized carbons (Fsp3) is 0.500. The predicted octanol–water partition coefficient (Wildman–Crippen LogP) is 2.30. The fourth-order valence-corrected chi connectivity index (χ4v) is 1.91. The van der Waals surface area contributed by atoms with Crippen LogP contribution in [0.3, 0.4) is 0 Å². The Balaban J connectivity index is 3.25. The number of ether oxygens (including phenoxy) is 2. The number of carbonyl (C=O) groups is 1. The van der Waals surface area contributed by atoms with Crippen LogP contribution in [0.1, 0.15) is 23.6 Å². The first-order chi connectivity index (χ1) is 8.42. The Morgan fingerprint density at radius 2 is 1.83 bits per heavy atom. The van der Waals surface area contributed by atoms with Gasteiger partial charge in [0.1, 0.15) is 11.5 Å². The Hall–Kier alpha value is -1.71. The predicted molar refractivity (Wildman–Crippen MR) is 71.2 cm³/mol. The third-order valence-electron chi connectivity index (χ3n) is 3.24. The number of amides is 1. The first-order valence-electron chi connectivity index (χ1n) is 5.85. The number of benzene rings is 1. The molecule has 0 heterocycles. The smallest absolute Gasteiger partial charge is 0.219 e. The van der Waals surface area contributed by atoms with Crippen molar-refractivity contribution in [2.75, 3.05) is 21.3 Å². The molecule has 18 heavy (non-hydrogen) atoms. The van der Waals surface area contributed by atoms with Gasteiger partial charge in [0.05, 0.1) is 14.2 Å². The van der Waals surface area contributed by atoms with E-state index in [0.717, 1.165) is 28.2 Å². The van der Waals surface area contributed by atoms with Crippen LogP contribution in [0.15, 0.2) is 6.07 Å². The van der Waals surface area contributed by atoms with E-state index in [1.807, 2.05) is 19.9 Å². The lowest BCUT2D eigenvalue weighted by molar-refractivity contribution is -0.128. The van der Waals surface area contributed by atoms with Crippen LogP contribution in [0.25, 0.3) is 0 Å². The molecule has 0 N–H and O–H groups in total. The molecule has 0 bridgehead atoms. The summed E-state index contributed by atoms with van der Waals surface area (Å²) in [6, 6.07) is 1.93. The average Bonchev–Trinajstić information content (AvgIpc) is 2.33. The second-order valence-corrected chi connectivity index (χ2v) is 4.40. The SMILES string of the molecule is COc1cc(CN(C)C(C)=O)c(OC)c(C)c1C. The Morgan fingerprint density at radius 1 is 1.22 bits per heavy atom. The molecule has 0 saturated heterocycles. The molecule has 0 unspecified atom stereocenters. The highest BCUT2D eigenvalue weighted by molar-refractivity contribution is 5.73. The maximum atomic E-state index is 11.3. The van der Waals surface area contributed by atoms with Crippen LogP contribution in [0.2, 0.25) is 0 Å².